The van der Waals surface area contributed by atoms with Gasteiger partial charge >= 0.3 is 0 Å². The fourth-order valence-electron chi connectivity index (χ4n) is 7.36. The Bertz CT molecular complexity index is 2580. The normalized spacial score (nSPS) is 11.5. The number of pyridine rings is 2. The molecule has 2 heteroatoms. The van der Waals surface area contributed by atoms with Crippen LogP contribution in [-0.4, -0.2) is 9.97 Å². The number of aromatic nitrogens is 2. The Morgan fingerprint density at radius 2 is 0.957 bits per heavy atom. The zero-order valence-corrected chi connectivity index (χ0v) is 26.0. The van der Waals surface area contributed by atoms with E-state index in [0.717, 1.165) is 16.8 Å². The van der Waals surface area contributed by atoms with E-state index in [1.807, 2.05) is 36.8 Å². The van der Waals surface area contributed by atoms with Gasteiger partial charge in [-0.3, -0.25) is 9.97 Å². The molecule has 0 N–H and O–H groups in total. The van der Waals surface area contributed by atoms with Crippen molar-refractivity contribution in [2.75, 3.05) is 0 Å². The molecular weight excluding hydrogens is 569 g/mol. The highest BCUT2D eigenvalue weighted by Crippen LogP contribution is 2.47. The van der Waals surface area contributed by atoms with Crippen molar-refractivity contribution in [3.63, 3.8) is 0 Å². The highest BCUT2D eigenvalue weighted by molar-refractivity contribution is 6.24. The second-order valence-electron chi connectivity index (χ2n) is 12.2. The van der Waals surface area contributed by atoms with E-state index in [9.17, 15) is 0 Å². The Balaban J connectivity index is 1.33. The molecule has 0 bridgehead atoms. The minimum atomic E-state index is 0.957. The van der Waals surface area contributed by atoms with Crippen LogP contribution in [0.4, 0.5) is 0 Å². The van der Waals surface area contributed by atoms with Crippen molar-refractivity contribution in [2.24, 2.45) is 0 Å². The summed E-state index contributed by atoms with van der Waals surface area (Å²) in [5.74, 6) is 0. The molecule has 0 aliphatic rings. The maximum absolute atomic E-state index is 4.83. The van der Waals surface area contributed by atoms with Crippen molar-refractivity contribution < 1.29 is 0 Å². The molecule has 0 aliphatic heterocycles. The van der Waals surface area contributed by atoms with E-state index in [4.69, 9.17) is 4.98 Å². The second kappa shape index (κ2) is 11.0. The summed E-state index contributed by atoms with van der Waals surface area (Å²) in [4.78, 5) is 9.06. The van der Waals surface area contributed by atoms with E-state index in [1.165, 1.54) is 76.5 Å². The van der Waals surface area contributed by atoms with Gasteiger partial charge in [-0.2, -0.15) is 0 Å². The number of rotatable bonds is 4. The van der Waals surface area contributed by atoms with Gasteiger partial charge in [-0.1, -0.05) is 127 Å². The van der Waals surface area contributed by atoms with Crippen LogP contribution in [0.25, 0.3) is 87.7 Å². The first-order chi connectivity index (χ1) is 23.2. The molecule has 0 saturated heterocycles. The molecular formula is C45H30N2. The number of nitrogens with zero attached hydrogens (tertiary/aromatic N) is 2. The molecule has 220 valence electrons. The maximum atomic E-state index is 4.83. The van der Waals surface area contributed by atoms with Gasteiger partial charge in [-0.05, 0) is 102 Å². The lowest BCUT2D eigenvalue weighted by molar-refractivity contribution is 1.29. The summed E-state index contributed by atoms with van der Waals surface area (Å²) in [6, 6.07) is 53.1. The van der Waals surface area contributed by atoms with Crippen LogP contribution in [-0.2, 0) is 0 Å². The van der Waals surface area contributed by atoms with E-state index in [1.54, 1.807) is 0 Å². The third kappa shape index (κ3) is 4.49. The number of hydrogen-bond donors (Lipinski definition) is 0. The number of benzene rings is 7. The molecule has 0 atom stereocenters. The summed E-state index contributed by atoms with van der Waals surface area (Å²) >= 11 is 0. The van der Waals surface area contributed by atoms with Gasteiger partial charge in [0.25, 0.3) is 0 Å². The Kier molecular flexibility index (Phi) is 6.39. The van der Waals surface area contributed by atoms with E-state index >= 15 is 0 Å². The fraction of sp³-hybridized carbons (Fsp3) is 0.0222. The van der Waals surface area contributed by atoms with Gasteiger partial charge in [0.2, 0.25) is 0 Å². The van der Waals surface area contributed by atoms with Crippen LogP contribution in [0.15, 0.2) is 164 Å². The maximum Gasteiger partial charge on any atom is 0.0781 e. The summed E-state index contributed by atoms with van der Waals surface area (Å²) in [7, 11) is 0. The van der Waals surface area contributed by atoms with Gasteiger partial charge < -0.3 is 0 Å². The van der Waals surface area contributed by atoms with Crippen molar-refractivity contribution in [1.29, 1.82) is 0 Å². The van der Waals surface area contributed by atoms with E-state index in [2.05, 4.69) is 139 Å². The van der Waals surface area contributed by atoms with Gasteiger partial charge in [-0.25, -0.2) is 0 Å². The summed E-state index contributed by atoms with van der Waals surface area (Å²) in [5.41, 5.74) is 10.6. The van der Waals surface area contributed by atoms with Crippen molar-refractivity contribution in [1.82, 2.24) is 9.97 Å². The highest BCUT2D eigenvalue weighted by atomic mass is 14.7. The molecule has 0 radical (unpaired) electrons. The first kappa shape index (κ1) is 27.2. The average Bonchev–Trinajstić information content (AvgIpc) is 3.14. The van der Waals surface area contributed by atoms with Crippen molar-refractivity contribution in [2.45, 2.75) is 6.92 Å². The smallest absolute Gasteiger partial charge is 0.0781 e. The number of hydrogen-bond acceptors (Lipinski definition) is 2. The van der Waals surface area contributed by atoms with Gasteiger partial charge in [0, 0.05) is 29.7 Å². The van der Waals surface area contributed by atoms with E-state index in [0.29, 0.717) is 0 Å². The molecule has 2 aromatic heterocycles. The van der Waals surface area contributed by atoms with Gasteiger partial charge in [-0.15, -0.1) is 0 Å². The molecule has 0 unspecified atom stereocenters. The van der Waals surface area contributed by atoms with Crippen molar-refractivity contribution in [3.8, 4) is 44.6 Å². The summed E-state index contributed by atoms with van der Waals surface area (Å²) in [5, 5.41) is 9.97. The Labute approximate surface area is 273 Å². The Morgan fingerprint density at radius 3 is 1.66 bits per heavy atom. The molecule has 9 rings (SSSR count). The van der Waals surface area contributed by atoms with Gasteiger partial charge in [0.05, 0.1) is 5.69 Å². The molecule has 0 saturated carbocycles. The molecule has 0 amide bonds. The summed E-state index contributed by atoms with van der Waals surface area (Å²) in [6.45, 7) is 2.15. The molecule has 2 nitrogen and oxygen atoms in total. The van der Waals surface area contributed by atoms with E-state index < -0.39 is 0 Å². The topological polar surface area (TPSA) is 25.8 Å². The zero-order valence-electron chi connectivity index (χ0n) is 26.0. The van der Waals surface area contributed by atoms with Crippen LogP contribution in [0, 0.1) is 6.92 Å². The summed E-state index contributed by atoms with van der Waals surface area (Å²) in [6.07, 6.45) is 5.52. The SMILES string of the molecule is Cc1ccc2cc(-c3c4ccccc4c(-c4ccc(-c5cccnc5-c5ccncc5)c5ccccc45)c4ccccc34)ccc2c1. The minimum Gasteiger partial charge on any atom is -0.265 e. The largest absolute Gasteiger partial charge is 0.265 e. The Morgan fingerprint density at radius 1 is 0.383 bits per heavy atom. The Hall–Kier alpha value is -6.12. The first-order valence-corrected chi connectivity index (χ1v) is 16.1. The molecule has 0 spiro atoms. The zero-order chi connectivity index (χ0) is 31.3. The minimum absolute atomic E-state index is 0.957. The lowest BCUT2D eigenvalue weighted by atomic mass is 9.83. The highest BCUT2D eigenvalue weighted by Gasteiger charge is 2.20. The van der Waals surface area contributed by atoms with Crippen LogP contribution in [0.1, 0.15) is 5.56 Å². The van der Waals surface area contributed by atoms with Crippen LogP contribution < -0.4 is 0 Å². The third-order valence-electron chi connectivity index (χ3n) is 9.46. The second-order valence-corrected chi connectivity index (χ2v) is 12.2. The van der Waals surface area contributed by atoms with Crippen LogP contribution in [0.3, 0.4) is 0 Å². The number of aryl methyl sites for hydroxylation is 1. The van der Waals surface area contributed by atoms with E-state index in [-0.39, 0.29) is 0 Å². The lowest BCUT2D eigenvalue weighted by Gasteiger charge is -2.20. The molecule has 0 aliphatic carbocycles. The van der Waals surface area contributed by atoms with Crippen molar-refractivity contribution >= 4 is 43.1 Å². The third-order valence-corrected chi connectivity index (χ3v) is 9.46. The molecule has 0 fully saturated rings. The lowest BCUT2D eigenvalue weighted by Crippen LogP contribution is -1.94. The predicted octanol–water partition coefficient (Wildman–Crippen LogP) is 12.1. The van der Waals surface area contributed by atoms with Crippen molar-refractivity contribution in [3.05, 3.63) is 170 Å². The van der Waals surface area contributed by atoms with Crippen LogP contribution in [0.2, 0.25) is 0 Å². The molecule has 47 heavy (non-hydrogen) atoms. The quantitative estimate of drug-likeness (QED) is 0.188. The first-order valence-electron chi connectivity index (χ1n) is 16.1. The average molecular weight is 599 g/mol. The van der Waals surface area contributed by atoms with Gasteiger partial charge in [0.15, 0.2) is 0 Å². The molecule has 2 heterocycles. The standard InChI is InChI=1S/C45H30N2/c1-29-16-17-32-28-33(19-18-31(32)27-29)43-37-11-4-6-13-39(37)44(40-14-7-5-12-38(40)43)41-21-20-36(34-9-2-3-10-35(34)41)42-15-8-24-47-45(42)30-22-25-46-26-23-30/h2-28H,1H3. The fourth-order valence-corrected chi connectivity index (χ4v) is 7.36. The van der Waals surface area contributed by atoms with Crippen LogP contribution >= 0.6 is 0 Å². The molecule has 7 aromatic carbocycles. The van der Waals surface area contributed by atoms with Gasteiger partial charge in [0.1, 0.15) is 0 Å². The predicted molar refractivity (Wildman–Crippen MR) is 199 cm³/mol. The monoisotopic (exact) mass is 598 g/mol. The summed E-state index contributed by atoms with van der Waals surface area (Å²) < 4.78 is 0. The molecule has 9 aromatic rings. The number of fused-ring (bicyclic) bond motifs is 4. The van der Waals surface area contributed by atoms with Crippen LogP contribution in [0.5, 0.6) is 0 Å².